The summed E-state index contributed by atoms with van der Waals surface area (Å²) in [6, 6.07) is 0. The zero-order valence-electron chi connectivity index (χ0n) is 7.34. The summed E-state index contributed by atoms with van der Waals surface area (Å²) >= 11 is 0. The zero-order chi connectivity index (χ0) is 10.0. The van der Waals surface area contributed by atoms with Gasteiger partial charge in [-0.25, -0.2) is 0 Å². The molecule has 0 aromatic heterocycles. The van der Waals surface area contributed by atoms with E-state index in [0.717, 1.165) is 0 Å². The largest absolute Gasteiger partial charge is 0.488 e. The molecule has 13 heavy (non-hydrogen) atoms. The Morgan fingerprint density at radius 1 is 1.38 bits per heavy atom. The molecule has 1 N–H and O–H groups in total. The van der Waals surface area contributed by atoms with Crippen LogP contribution in [0, 0.1) is 0 Å². The van der Waals surface area contributed by atoms with Gasteiger partial charge in [0.05, 0.1) is 6.61 Å². The van der Waals surface area contributed by atoms with Crippen LogP contribution in [0.1, 0.15) is 13.8 Å². The molecule has 0 fully saturated rings. The molecule has 0 saturated heterocycles. The fraction of sp³-hybridized carbons (Fsp3) is 0.375. The molecule has 0 aliphatic heterocycles. The lowest BCUT2D eigenvalue weighted by molar-refractivity contribution is -0.114. The van der Waals surface area contributed by atoms with E-state index < -0.39 is 16.8 Å². The molecule has 1 rings (SSSR count). The molecule has 70 valence electrons. The van der Waals surface area contributed by atoms with E-state index in [2.05, 4.69) is 5.32 Å². The number of hydrogen-bond acceptors (Lipinski definition) is 4. The third-order valence-electron chi connectivity index (χ3n) is 1.46. The van der Waals surface area contributed by atoms with Gasteiger partial charge in [-0.2, -0.15) is 0 Å². The van der Waals surface area contributed by atoms with Crippen molar-refractivity contribution in [1.29, 1.82) is 0 Å². The molecule has 0 spiro atoms. The summed E-state index contributed by atoms with van der Waals surface area (Å²) in [6.07, 6.45) is 0. The van der Waals surface area contributed by atoms with Crippen molar-refractivity contribution in [2.24, 2.45) is 0 Å². The van der Waals surface area contributed by atoms with Crippen molar-refractivity contribution in [3.8, 4) is 5.75 Å². The summed E-state index contributed by atoms with van der Waals surface area (Å²) in [4.78, 5) is 32.3. The summed E-state index contributed by atoms with van der Waals surface area (Å²) in [5.74, 6) is -0.434. The van der Waals surface area contributed by atoms with Crippen LogP contribution in [-0.4, -0.2) is 12.5 Å². The lowest BCUT2D eigenvalue weighted by Crippen LogP contribution is -2.36. The van der Waals surface area contributed by atoms with Crippen LogP contribution in [0.4, 0.5) is 5.69 Å². The molecule has 0 unspecified atom stereocenters. The Hall–Kier alpha value is -1.65. The van der Waals surface area contributed by atoms with Crippen molar-refractivity contribution < 1.29 is 9.53 Å². The minimum Gasteiger partial charge on any atom is -0.488 e. The highest BCUT2D eigenvalue weighted by atomic mass is 16.5. The first-order chi connectivity index (χ1) is 6.07. The van der Waals surface area contributed by atoms with E-state index in [9.17, 15) is 14.4 Å². The van der Waals surface area contributed by atoms with Gasteiger partial charge in [0.2, 0.25) is 5.91 Å². The normalized spacial score (nSPS) is 10.0. The first kappa shape index (κ1) is 9.44. The van der Waals surface area contributed by atoms with Crippen LogP contribution in [0.3, 0.4) is 0 Å². The third kappa shape index (κ3) is 1.58. The molecule has 0 bridgehead atoms. The maximum Gasteiger partial charge on any atom is 0.272 e. The van der Waals surface area contributed by atoms with Gasteiger partial charge in [-0.05, 0) is 6.92 Å². The van der Waals surface area contributed by atoms with E-state index in [-0.39, 0.29) is 18.0 Å². The van der Waals surface area contributed by atoms with Crippen LogP contribution in [0.25, 0.3) is 0 Å². The Kier molecular flexibility index (Phi) is 2.46. The van der Waals surface area contributed by atoms with Crippen LogP contribution >= 0.6 is 0 Å². The third-order valence-corrected chi connectivity index (χ3v) is 1.46. The van der Waals surface area contributed by atoms with Gasteiger partial charge in [0.1, 0.15) is 5.69 Å². The van der Waals surface area contributed by atoms with Gasteiger partial charge in [0.15, 0.2) is 5.75 Å². The number of hydrogen-bond donors (Lipinski definition) is 1. The molecule has 5 heteroatoms. The summed E-state index contributed by atoms with van der Waals surface area (Å²) < 4.78 is 4.87. The summed E-state index contributed by atoms with van der Waals surface area (Å²) in [6.45, 7) is 3.23. The number of nitrogens with one attached hydrogen (secondary N) is 1. The minimum atomic E-state index is -0.696. The fourth-order valence-electron chi connectivity index (χ4n) is 0.942. The Bertz CT molecular complexity index is 400. The molecule has 0 radical (unpaired) electrons. The number of amides is 1. The monoisotopic (exact) mass is 183 g/mol. The smallest absolute Gasteiger partial charge is 0.272 e. The molecule has 0 saturated carbocycles. The maximum absolute atomic E-state index is 10.9. The minimum absolute atomic E-state index is 0.0284. The maximum atomic E-state index is 10.9. The van der Waals surface area contributed by atoms with E-state index in [1.54, 1.807) is 6.92 Å². The van der Waals surface area contributed by atoms with E-state index in [1.165, 1.54) is 6.92 Å². The van der Waals surface area contributed by atoms with E-state index >= 15 is 0 Å². The van der Waals surface area contributed by atoms with Crippen molar-refractivity contribution >= 4 is 11.6 Å². The second kappa shape index (κ2) is 3.38. The van der Waals surface area contributed by atoms with Crippen molar-refractivity contribution in [1.82, 2.24) is 0 Å². The van der Waals surface area contributed by atoms with Gasteiger partial charge >= 0.3 is 0 Å². The van der Waals surface area contributed by atoms with Crippen molar-refractivity contribution in [2.75, 3.05) is 11.9 Å². The predicted molar refractivity (Wildman–Crippen MR) is 46.8 cm³/mol. The van der Waals surface area contributed by atoms with Gasteiger partial charge in [-0.15, -0.1) is 0 Å². The highest BCUT2D eigenvalue weighted by Crippen LogP contribution is 2.16. The number of carbonyl (C=O) groups excluding carboxylic acids is 1. The van der Waals surface area contributed by atoms with Gasteiger partial charge in [-0.3, -0.25) is 14.4 Å². The second-order valence-corrected chi connectivity index (χ2v) is 2.48. The highest BCUT2D eigenvalue weighted by molar-refractivity contribution is 5.91. The molecule has 0 heterocycles. The lowest BCUT2D eigenvalue weighted by Gasteiger charge is -2.10. The van der Waals surface area contributed by atoms with Crippen LogP contribution < -0.4 is 20.9 Å². The fourth-order valence-corrected chi connectivity index (χ4v) is 0.942. The number of anilines is 1. The standard InChI is InChI=1S/C8H9NO4/c1-3-13-8-5(9-4(2)10)6(11)7(8)12/h3H2,1-2H3,(H,9,10). The first-order valence-corrected chi connectivity index (χ1v) is 3.81. The van der Waals surface area contributed by atoms with Gasteiger partial charge < -0.3 is 10.1 Å². The Morgan fingerprint density at radius 3 is 2.46 bits per heavy atom. The molecule has 1 amide bonds. The van der Waals surface area contributed by atoms with Gasteiger partial charge in [-0.1, -0.05) is 0 Å². The Balaban J connectivity index is 2.94. The molecule has 5 nitrogen and oxygen atoms in total. The van der Waals surface area contributed by atoms with E-state index in [4.69, 9.17) is 4.74 Å². The Labute approximate surface area is 74.0 Å². The first-order valence-electron chi connectivity index (χ1n) is 3.81. The molecule has 0 aliphatic carbocycles. The highest BCUT2D eigenvalue weighted by Gasteiger charge is 2.22. The molecule has 1 aromatic rings. The van der Waals surface area contributed by atoms with Gasteiger partial charge in [0.25, 0.3) is 10.9 Å². The molecule has 0 aliphatic rings. The van der Waals surface area contributed by atoms with Gasteiger partial charge in [0, 0.05) is 6.92 Å². The number of carbonyl (C=O) groups is 1. The van der Waals surface area contributed by atoms with E-state index in [0.29, 0.717) is 0 Å². The summed E-state index contributed by atoms with van der Waals surface area (Å²) in [7, 11) is 0. The van der Waals surface area contributed by atoms with E-state index in [1.807, 2.05) is 0 Å². The summed E-state index contributed by atoms with van der Waals surface area (Å²) in [5.41, 5.74) is -1.40. The topological polar surface area (TPSA) is 72.5 Å². The van der Waals surface area contributed by atoms with Crippen LogP contribution in [0.5, 0.6) is 5.75 Å². The molecule has 0 atom stereocenters. The molecular weight excluding hydrogens is 174 g/mol. The van der Waals surface area contributed by atoms with Crippen molar-refractivity contribution in [2.45, 2.75) is 13.8 Å². The summed E-state index contributed by atoms with van der Waals surface area (Å²) in [5, 5.41) is 2.24. The zero-order valence-corrected chi connectivity index (χ0v) is 7.34. The van der Waals surface area contributed by atoms with Crippen molar-refractivity contribution in [3.05, 3.63) is 20.4 Å². The average molecular weight is 183 g/mol. The van der Waals surface area contributed by atoms with Crippen LogP contribution in [0.15, 0.2) is 9.59 Å². The lowest BCUT2D eigenvalue weighted by atomic mass is 10.2. The van der Waals surface area contributed by atoms with Crippen molar-refractivity contribution in [3.63, 3.8) is 0 Å². The number of ether oxygens (including phenoxy) is 1. The Morgan fingerprint density at radius 2 is 2.00 bits per heavy atom. The SMILES string of the molecule is CCOc1c(NC(C)=O)c(=O)c1=O. The predicted octanol–water partition coefficient (Wildman–Crippen LogP) is -0.360. The second-order valence-electron chi connectivity index (χ2n) is 2.48. The molecular formula is C8H9NO4. The van der Waals surface area contributed by atoms with Crippen LogP contribution in [-0.2, 0) is 4.79 Å². The number of rotatable bonds is 3. The van der Waals surface area contributed by atoms with Crippen LogP contribution in [0.2, 0.25) is 0 Å². The quantitative estimate of drug-likeness (QED) is 0.649. The average Bonchev–Trinajstić information content (AvgIpc) is 2.10. The molecule has 1 aromatic carbocycles.